The van der Waals surface area contributed by atoms with E-state index >= 15 is 0 Å². The highest BCUT2D eigenvalue weighted by molar-refractivity contribution is 5.99. The lowest BCUT2D eigenvalue weighted by molar-refractivity contribution is -0.142. The number of likely N-dealkylation sites (N-methyl/N-ethyl adjacent to an activating group) is 1. The van der Waals surface area contributed by atoms with Gasteiger partial charge in [-0.25, -0.2) is 4.98 Å². The molecule has 14 nitrogen and oxygen atoms in total. The molecule has 1 aromatic heterocycles. The summed E-state index contributed by atoms with van der Waals surface area (Å²) in [5, 5.41) is 9.48. The molecular weight excluding hydrogens is 807 g/mol. The molecule has 0 saturated carbocycles. The lowest BCUT2D eigenvalue weighted by Gasteiger charge is -2.39. The molecule has 4 aliphatic heterocycles. The molecule has 5 heterocycles. The minimum absolute atomic E-state index is 0.0212. The van der Waals surface area contributed by atoms with Gasteiger partial charge in [-0.3, -0.25) is 29.0 Å². The molecule has 4 unspecified atom stereocenters. The van der Waals surface area contributed by atoms with Crippen molar-refractivity contribution >= 4 is 35.0 Å². The number of likely N-dealkylation sites (tertiary alicyclic amines) is 2. The van der Waals surface area contributed by atoms with Gasteiger partial charge in [-0.2, -0.15) is 0 Å². The number of hydrogen-bond donors (Lipinski definition) is 3. The van der Waals surface area contributed by atoms with Crippen molar-refractivity contribution in [2.24, 2.45) is 0 Å². The first-order chi connectivity index (χ1) is 31.3. The van der Waals surface area contributed by atoms with Gasteiger partial charge in [0, 0.05) is 87.9 Å². The number of carbonyl (C=O) groups is 4. The molecular formula is C50H57N9O5. The number of carbonyl (C=O) groups excluding carboxylic acids is 4. The predicted octanol–water partition coefficient (Wildman–Crippen LogP) is 5.50. The number of nitrogens with zero attached hydrogens (tertiary/aromatic N) is 6. The van der Waals surface area contributed by atoms with Gasteiger partial charge in [0.15, 0.2) is 5.76 Å². The van der Waals surface area contributed by atoms with Crippen molar-refractivity contribution < 1.29 is 23.6 Å². The number of rotatable bonds is 12. The van der Waals surface area contributed by atoms with Gasteiger partial charge in [-0.15, -0.1) is 0 Å². The van der Waals surface area contributed by atoms with E-state index in [9.17, 15) is 19.2 Å². The van der Waals surface area contributed by atoms with E-state index in [-0.39, 0.29) is 23.6 Å². The summed E-state index contributed by atoms with van der Waals surface area (Å²) < 4.78 is 6.18. The van der Waals surface area contributed by atoms with Gasteiger partial charge >= 0.3 is 0 Å². The van der Waals surface area contributed by atoms with Gasteiger partial charge in [0.05, 0.1) is 6.20 Å². The summed E-state index contributed by atoms with van der Waals surface area (Å²) in [4.78, 5) is 70.7. The lowest BCUT2D eigenvalue weighted by atomic mass is 10.0. The number of oxazole rings is 1. The maximum atomic E-state index is 14.3. The van der Waals surface area contributed by atoms with E-state index in [4.69, 9.17) is 4.42 Å². The normalized spacial score (nSPS) is 20.8. The Balaban J connectivity index is 0.808. The number of aromatic nitrogens is 1. The number of benzene rings is 4. The van der Waals surface area contributed by atoms with Crippen LogP contribution in [0.2, 0.25) is 0 Å². The molecule has 4 fully saturated rings. The minimum Gasteiger partial charge on any atom is -0.436 e. The van der Waals surface area contributed by atoms with E-state index in [1.54, 1.807) is 16.0 Å². The average Bonchev–Trinajstić information content (AvgIpc) is 4.14. The molecule has 3 N–H and O–H groups in total. The third-order valence-electron chi connectivity index (χ3n) is 13.1. The fraction of sp³-hybridized carbons (Fsp3) is 0.380. The van der Waals surface area contributed by atoms with Crippen LogP contribution in [-0.4, -0.2) is 138 Å². The molecule has 4 amide bonds. The molecule has 9 rings (SSSR count). The summed E-state index contributed by atoms with van der Waals surface area (Å²) in [6.45, 7) is 7.61. The summed E-state index contributed by atoms with van der Waals surface area (Å²) in [5.41, 5.74) is 4.68. The van der Waals surface area contributed by atoms with Crippen molar-refractivity contribution in [1.29, 1.82) is 0 Å². The van der Waals surface area contributed by atoms with Gasteiger partial charge in [0.1, 0.15) is 24.2 Å². The molecule has 0 aliphatic carbocycles. The quantitative estimate of drug-likeness (QED) is 0.147. The Labute approximate surface area is 374 Å². The molecule has 0 bridgehead atoms. The Kier molecular flexibility index (Phi) is 13.3. The minimum atomic E-state index is -0.554. The number of anilines is 2. The molecule has 5 aromatic rings. The fourth-order valence-corrected chi connectivity index (χ4v) is 9.64. The van der Waals surface area contributed by atoms with E-state index < -0.39 is 24.2 Å². The summed E-state index contributed by atoms with van der Waals surface area (Å²) >= 11 is 0. The highest BCUT2D eigenvalue weighted by atomic mass is 16.4. The highest BCUT2D eigenvalue weighted by Gasteiger charge is 2.42. The fourth-order valence-electron chi connectivity index (χ4n) is 9.64. The summed E-state index contributed by atoms with van der Waals surface area (Å²) in [6.07, 6.45) is 4.43. The van der Waals surface area contributed by atoms with Crippen LogP contribution in [0.4, 0.5) is 11.4 Å². The monoisotopic (exact) mass is 863 g/mol. The first-order valence-corrected chi connectivity index (χ1v) is 22.7. The zero-order valence-corrected chi connectivity index (χ0v) is 36.4. The van der Waals surface area contributed by atoms with Crippen LogP contribution in [0.1, 0.15) is 48.9 Å². The van der Waals surface area contributed by atoms with Crippen LogP contribution in [0.15, 0.2) is 120 Å². The molecule has 64 heavy (non-hydrogen) atoms. The van der Waals surface area contributed by atoms with Gasteiger partial charge in [0.2, 0.25) is 29.5 Å². The molecule has 14 heteroatoms. The van der Waals surface area contributed by atoms with Gasteiger partial charge in [-0.05, 0) is 92.4 Å². The van der Waals surface area contributed by atoms with E-state index in [1.165, 1.54) is 0 Å². The van der Waals surface area contributed by atoms with Gasteiger partial charge in [-0.1, -0.05) is 60.7 Å². The molecule has 4 saturated heterocycles. The second-order valence-electron chi connectivity index (χ2n) is 17.3. The van der Waals surface area contributed by atoms with Crippen molar-refractivity contribution in [3.05, 3.63) is 127 Å². The topological polar surface area (TPSA) is 147 Å². The van der Waals surface area contributed by atoms with E-state index in [2.05, 4.69) is 42.7 Å². The van der Waals surface area contributed by atoms with E-state index in [0.717, 1.165) is 87.5 Å². The Morgan fingerprint density at radius 3 is 1.56 bits per heavy atom. The van der Waals surface area contributed by atoms with Crippen LogP contribution in [0.5, 0.6) is 0 Å². The molecule has 4 atom stereocenters. The third-order valence-corrected chi connectivity index (χ3v) is 13.1. The van der Waals surface area contributed by atoms with Crippen molar-refractivity contribution in [3.63, 3.8) is 0 Å². The number of piperazine rings is 2. The molecule has 4 aliphatic rings. The highest BCUT2D eigenvalue weighted by Crippen LogP contribution is 2.33. The lowest BCUT2D eigenvalue weighted by Crippen LogP contribution is -2.52. The van der Waals surface area contributed by atoms with E-state index in [0.29, 0.717) is 49.0 Å². The van der Waals surface area contributed by atoms with Crippen LogP contribution < -0.4 is 16.0 Å². The number of nitrogens with one attached hydrogen (secondary N) is 3. The average molecular weight is 864 g/mol. The summed E-state index contributed by atoms with van der Waals surface area (Å²) in [6, 6.07) is 32.6. The Morgan fingerprint density at radius 1 is 0.594 bits per heavy atom. The van der Waals surface area contributed by atoms with Crippen molar-refractivity contribution in [1.82, 2.24) is 34.8 Å². The summed E-state index contributed by atoms with van der Waals surface area (Å²) in [5.74, 6) is 0.548. The standard InChI is InChI=1S/C50H57N9O5/c1-55-30-32-57(33-31-55)45(37-12-6-3-7-13-37)50(63)59-27-9-15-42(59)46(60)53-39-20-16-35(17-21-39)43-34-52-48(64-43)38-18-22-40(23-19-38)54-47(61)41-14-8-26-58(41)49(62)44(36-10-4-2-5-11-36)56-28-24-51-25-29-56/h2-7,10-13,16-23,34,41-42,44-45,51H,8-9,14-15,24-33H2,1H3,(H,53,60)(H,54,61). The van der Waals surface area contributed by atoms with Crippen LogP contribution in [0.25, 0.3) is 22.8 Å². The predicted molar refractivity (Wildman–Crippen MR) is 246 cm³/mol. The Bertz CT molecular complexity index is 2380. The SMILES string of the molecule is CN1CCN(C(C(=O)N2CCCC2C(=O)Nc2ccc(-c3cnc(-c4ccc(NC(=O)C5CCCN5C(=O)C(c5ccccc5)N5CCNCC5)cc4)o3)cc2)c2ccccc2)CC1. The first kappa shape index (κ1) is 43.1. The maximum Gasteiger partial charge on any atom is 0.247 e. The van der Waals surface area contributed by atoms with E-state index in [1.807, 2.05) is 109 Å². The largest absolute Gasteiger partial charge is 0.436 e. The van der Waals surface area contributed by atoms with Crippen LogP contribution >= 0.6 is 0 Å². The molecule has 332 valence electrons. The maximum absolute atomic E-state index is 14.3. The Morgan fingerprint density at radius 2 is 1.06 bits per heavy atom. The van der Waals surface area contributed by atoms with Gasteiger partial charge < -0.3 is 35.1 Å². The Hall–Kier alpha value is -6.19. The van der Waals surface area contributed by atoms with Crippen LogP contribution in [0.3, 0.4) is 0 Å². The zero-order valence-electron chi connectivity index (χ0n) is 36.4. The zero-order chi connectivity index (χ0) is 44.0. The molecule has 4 aromatic carbocycles. The van der Waals surface area contributed by atoms with Crippen molar-refractivity contribution in [2.45, 2.75) is 49.9 Å². The molecule has 0 radical (unpaired) electrons. The second kappa shape index (κ2) is 19.7. The summed E-state index contributed by atoms with van der Waals surface area (Å²) in [7, 11) is 2.10. The third kappa shape index (κ3) is 9.51. The first-order valence-electron chi connectivity index (χ1n) is 22.7. The van der Waals surface area contributed by atoms with Crippen molar-refractivity contribution in [2.75, 3.05) is 83.1 Å². The van der Waals surface area contributed by atoms with Crippen LogP contribution in [0, 0.1) is 0 Å². The molecule has 0 spiro atoms. The van der Waals surface area contributed by atoms with Crippen molar-refractivity contribution in [3.8, 4) is 22.8 Å². The number of hydrogen-bond acceptors (Lipinski definition) is 10. The number of amides is 4. The second-order valence-corrected chi connectivity index (χ2v) is 17.3. The van der Waals surface area contributed by atoms with Crippen LogP contribution in [-0.2, 0) is 19.2 Å². The smallest absolute Gasteiger partial charge is 0.247 e. The van der Waals surface area contributed by atoms with Gasteiger partial charge in [0.25, 0.3) is 0 Å².